The highest BCUT2D eigenvalue weighted by Crippen LogP contribution is 2.57. The topological polar surface area (TPSA) is 58.1 Å². The Kier molecular flexibility index (Phi) is 3.52. The Labute approximate surface area is 164 Å². The molecule has 5 rings (SSSR count). The summed E-state index contributed by atoms with van der Waals surface area (Å²) in [6, 6.07) is 8.71. The average Bonchev–Trinajstić information content (AvgIpc) is 3.39. The maximum atomic E-state index is 14.2. The molecule has 3 aromatic rings. The molecule has 1 atom stereocenters. The van der Waals surface area contributed by atoms with Gasteiger partial charge in [-0.3, -0.25) is 9.48 Å². The molecule has 0 spiro atoms. The van der Waals surface area contributed by atoms with Crippen LogP contribution in [0.5, 0.6) is 0 Å². The number of amides is 1. The fourth-order valence-corrected chi connectivity index (χ4v) is 4.03. The van der Waals surface area contributed by atoms with Gasteiger partial charge < -0.3 is 10.0 Å². The summed E-state index contributed by atoms with van der Waals surface area (Å²) in [4.78, 5) is 14.2. The van der Waals surface area contributed by atoms with Crippen LogP contribution in [0.1, 0.15) is 21.5 Å². The van der Waals surface area contributed by atoms with Crippen LogP contribution in [0, 0.1) is 0 Å². The van der Waals surface area contributed by atoms with E-state index in [2.05, 4.69) is 5.10 Å². The normalized spacial score (nSPS) is 19.8. The minimum absolute atomic E-state index is 0.121. The quantitative estimate of drug-likeness (QED) is 0.673. The zero-order valence-electron chi connectivity index (χ0n) is 15.4. The summed E-state index contributed by atoms with van der Waals surface area (Å²) in [5.74, 6) is -0.349. The van der Waals surface area contributed by atoms with E-state index in [-0.39, 0.29) is 28.2 Å². The van der Waals surface area contributed by atoms with Crippen LogP contribution in [0.3, 0.4) is 0 Å². The van der Waals surface area contributed by atoms with Gasteiger partial charge in [-0.1, -0.05) is 24.3 Å². The van der Waals surface area contributed by atoms with E-state index in [1.807, 2.05) is 0 Å². The van der Waals surface area contributed by atoms with Crippen LogP contribution in [0.2, 0.25) is 0 Å². The Balaban J connectivity index is 1.87. The second-order valence-electron chi connectivity index (χ2n) is 7.40. The van der Waals surface area contributed by atoms with Gasteiger partial charge in [0.15, 0.2) is 0 Å². The summed E-state index contributed by atoms with van der Waals surface area (Å²) in [7, 11) is 1.70. The third-order valence-corrected chi connectivity index (χ3v) is 5.52. The number of aromatic nitrogens is 2. The molecule has 29 heavy (non-hydrogen) atoms. The second kappa shape index (κ2) is 5.70. The number of hydrogen-bond donors (Lipinski definition) is 1. The lowest BCUT2D eigenvalue weighted by Crippen LogP contribution is -2.41. The summed E-state index contributed by atoms with van der Waals surface area (Å²) in [5.41, 5.74) is -2.04. The van der Waals surface area contributed by atoms with Crippen LogP contribution < -0.4 is 0 Å². The van der Waals surface area contributed by atoms with Crippen molar-refractivity contribution in [3.8, 4) is 22.3 Å². The maximum Gasteiger partial charge on any atom is 0.425 e. The number of fused-ring (bicyclic) bond motifs is 3. The van der Waals surface area contributed by atoms with E-state index in [9.17, 15) is 23.1 Å². The first-order chi connectivity index (χ1) is 13.7. The van der Waals surface area contributed by atoms with Gasteiger partial charge in [-0.15, -0.1) is 0 Å². The monoisotopic (exact) mass is 399 g/mol. The summed E-state index contributed by atoms with van der Waals surface area (Å²) in [6.07, 6.45) is -1.74. The van der Waals surface area contributed by atoms with E-state index in [4.69, 9.17) is 0 Å². The first-order valence-electron chi connectivity index (χ1n) is 9.07. The van der Waals surface area contributed by atoms with Gasteiger partial charge in [0.25, 0.3) is 5.91 Å². The molecule has 1 fully saturated rings. The molecular formula is C21H16F3N3O2. The summed E-state index contributed by atoms with van der Waals surface area (Å²) in [6.45, 7) is 1.14. The van der Waals surface area contributed by atoms with E-state index in [1.54, 1.807) is 31.4 Å². The molecule has 5 nitrogen and oxygen atoms in total. The van der Waals surface area contributed by atoms with E-state index in [1.165, 1.54) is 34.0 Å². The number of aliphatic hydroxyl groups is 1. The van der Waals surface area contributed by atoms with Crippen molar-refractivity contribution in [1.82, 2.24) is 14.7 Å². The van der Waals surface area contributed by atoms with Crippen molar-refractivity contribution in [2.24, 2.45) is 7.05 Å². The molecule has 0 saturated carbocycles. The SMILES string of the molecule is Cn1cc(-c2cc(C(=O)N3CC3)cc3c2-c2ccccc2C3(O)C(F)(F)F)cn1. The summed E-state index contributed by atoms with van der Waals surface area (Å²) in [5, 5.41) is 15.1. The van der Waals surface area contributed by atoms with Crippen molar-refractivity contribution in [3.63, 3.8) is 0 Å². The van der Waals surface area contributed by atoms with Crippen LogP contribution in [0.4, 0.5) is 13.2 Å². The Morgan fingerprint density at radius 1 is 1.14 bits per heavy atom. The Morgan fingerprint density at radius 3 is 2.48 bits per heavy atom. The van der Waals surface area contributed by atoms with Crippen LogP contribution in [0.15, 0.2) is 48.8 Å². The molecule has 1 aliphatic heterocycles. The zero-order valence-corrected chi connectivity index (χ0v) is 15.4. The molecule has 8 heteroatoms. The zero-order chi connectivity index (χ0) is 20.6. The lowest BCUT2D eigenvalue weighted by molar-refractivity contribution is -0.246. The van der Waals surface area contributed by atoms with Gasteiger partial charge in [-0.25, -0.2) is 0 Å². The highest BCUT2D eigenvalue weighted by atomic mass is 19.4. The predicted molar refractivity (Wildman–Crippen MR) is 99.0 cm³/mol. The molecule has 1 aromatic heterocycles. The number of rotatable bonds is 2. The van der Waals surface area contributed by atoms with E-state index >= 15 is 0 Å². The molecule has 2 aliphatic rings. The fraction of sp³-hybridized carbons (Fsp3) is 0.238. The standard InChI is InChI=1S/C21H16F3N3O2/c1-26-11-13(10-25-26)15-8-12(19(28)27-6-7-27)9-17-18(15)14-4-2-3-5-16(14)20(17,29)21(22,23)24/h2-5,8-11,29H,6-7H2,1H3. The number of hydrogen-bond acceptors (Lipinski definition) is 3. The lowest BCUT2D eigenvalue weighted by atomic mass is 9.88. The number of benzene rings is 2. The molecule has 1 aliphatic carbocycles. The number of aryl methyl sites for hydroxylation is 1. The number of nitrogens with zero attached hydrogens (tertiary/aromatic N) is 3. The average molecular weight is 399 g/mol. The van der Waals surface area contributed by atoms with E-state index in [0.717, 1.165) is 0 Å². The number of carbonyl (C=O) groups excluding carboxylic acids is 1. The highest BCUT2D eigenvalue weighted by Gasteiger charge is 2.61. The van der Waals surface area contributed by atoms with Gasteiger partial charge in [-0.05, 0) is 28.8 Å². The minimum Gasteiger partial charge on any atom is -0.372 e. The molecule has 2 heterocycles. The number of alkyl halides is 3. The van der Waals surface area contributed by atoms with Crippen LogP contribution >= 0.6 is 0 Å². The molecule has 0 radical (unpaired) electrons. The third kappa shape index (κ3) is 2.45. The third-order valence-electron chi connectivity index (χ3n) is 5.52. The molecule has 1 saturated heterocycles. The minimum atomic E-state index is -4.96. The van der Waals surface area contributed by atoms with Gasteiger partial charge >= 0.3 is 6.18 Å². The van der Waals surface area contributed by atoms with E-state index in [0.29, 0.717) is 29.8 Å². The molecule has 2 aromatic carbocycles. The van der Waals surface area contributed by atoms with Crippen molar-refractivity contribution in [3.05, 3.63) is 65.5 Å². The molecule has 0 bridgehead atoms. The molecule has 1 N–H and O–H groups in total. The van der Waals surface area contributed by atoms with Crippen LogP contribution in [0.25, 0.3) is 22.3 Å². The van der Waals surface area contributed by atoms with E-state index < -0.39 is 11.8 Å². The lowest BCUT2D eigenvalue weighted by Gasteiger charge is -2.28. The fourth-order valence-electron chi connectivity index (χ4n) is 4.03. The predicted octanol–water partition coefficient (Wildman–Crippen LogP) is 3.32. The van der Waals surface area contributed by atoms with Gasteiger partial charge in [-0.2, -0.15) is 18.3 Å². The van der Waals surface area contributed by atoms with Gasteiger partial charge in [0.05, 0.1) is 6.20 Å². The Morgan fingerprint density at radius 2 is 1.86 bits per heavy atom. The molecule has 1 unspecified atom stereocenters. The van der Waals surface area contributed by atoms with Crippen molar-refractivity contribution in [2.75, 3.05) is 13.1 Å². The Hall–Kier alpha value is -3.13. The van der Waals surface area contributed by atoms with Crippen molar-refractivity contribution in [2.45, 2.75) is 11.8 Å². The number of carbonyl (C=O) groups is 1. The van der Waals surface area contributed by atoms with Crippen molar-refractivity contribution >= 4 is 5.91 Å². The first kappa shape index (κ1) is 17.9. The van der Waals surface area contributed by atoms with Gasteiger partial charge in [0, 0.05) is 48.6 Å². The smallest absolute Gasteiger partial charge is 0.372 e. The molecule has 148 valence electrons. The first-order valence-corrected chi connectivity index (χ1v) is 9.07. The maximum absolute atomic E-state index is 14.2. The highest BCUT2D eigenvalue weighted by molar-refractivity contribution is 6.01. The second-order valence-corrected chi connectivity index (χ2v) is 7.40. The molecular weight excluding hydrogens is 383 g/mol. The van der Waals surface area contributed by atoms with Crippen LogP contribution in [-0.4, -0.2) is 45.0 Å². The van der Waals surface area contributed by atoms with Crippen LogP contribution in [-0.2, 0) is 12.6 Å². The largest absolute Gasteiger partial charge is 0.425 e. The van der Waals surface area contributed by atoms with Gasteiger partial charge in [0.1, 0.15) is 0 Å². The van der Waals surface area contributed by atoms with Crippen molar-refractivity contribution < 1.29 is 23.1 Å². The van der Waals surface area contributed by atoms with Crippen molar-refractivity contribution in [1.29, 1.82) is 0 Å². The summed E-state index contributed by atoms with van der Waals surface area (Å²) >= 11 is 0. The summed E-state index contributed by atoms with van der Waals surface area (Å²) < 4.78 is 44.1. The Bertz CT molecular complexity index is 1160. The van der Waals surface area contributed by atoms with Gasteiger partial charge in [0.2, 0.25) is 5.60 Å². The number of halogens is 3. The molecule has 1 amide bonds.